The molecule has 1 aliphatic carbocycles. The first kappa shape index (κ1) is 9.73. The van der Waals surface area contributed by atoms with E-state index in [1.54, 1.807) is 0 Å². The maximum absolute atomic E-state index is 11.0. The number of aliphatic carboxylic acids is 1. The van der Waals surface area contributed by atoms with Crippen molar-refractivity contribution in [1.82, 2.24) is 0 Å². The number of carbonyl (C=O) groups is 1. The van der Waals surface area contributed by atoms with Crippen molar-refractivity contribution in [3.05, 3.63) is 41.5 Å². The maximum atomic E-state index is 11.0. The largest absolute Gasteiger partial charge is 0.480 e. The Bertz CT molecular complexity index is 454. The number of hydrogen-bond acceptors (Lipinski definition) is 3. The summed E-state index contributed by atoms with van der Waals surface area (Å²) in [7, 11) is 0. The van der Waals surface area contributed by atoms with Gasteiger partial charge in [0.25, 0.3) is 0 Å². The molecular formula is C11H12N2O2. The van der Waals surface area contributed by atoms with Crippen molar-refractivity contribution in [2.45, 2.75) is 12.0 Å². The van der Waals surface area contributed by atoms with Crippen molar-refractivity contribution in [1.29, 1.82) is 0 Å². The van der Waals surface area contributed by atoms with Gasteiger partial charge in [-0.2, -0.15) is 0 Å². The molecule has 4 nitrogen and oxygen atoms in total. The van der Waals surface area contributed by atoms with Crippen LogP contribution in [0.2, 0.25) is 0 Å². The lowest BCUT2D eigenvalue weighted by molar-refractivity contribution is -0.141. The lowest BCUT2D eigenvalue weighted by Gasteiger charge is -2.27. The van der Waals surface area contributed by atoms with Crippen molar-refractivity contribution in [3.63, 3.8) is 0 Å². The molecular weight excluding hydrogens is 192 g/mol. The predicted molar refractivity (Wildman–Crippen MR) is 56.9 cm³/mol. The standard InChI is InChI=1S/C11H12N2O2/c12-9-6-11(13,10(14)15)5-7-3-1-2-4-8(7)9/h1-4,6H,5,12-13H2,(H,14,15). The summed E-state index contributed by atoms with van der Waals surface area (Å²) in [5.74, 6) is -1.06. The summed E-state index contributed by atoms with van der Waals surface area (Å²) >= 11 is 0. The second-order valence-corrected chi connectivity index (χ2v) is 3.78. The number of fused-ring (bicyclic) bond motifs is 1. The molecule has 5 N–H and O–H groups in total. The highest BCUT2D eigenvalue weighted by atomic mass is 16.4. The predicted octanol–water partition coefficient (Wildman–Crippen LogP) is 0.324. The number of benzene rings is 1. The Morgan fingerprint density at radius 2 is 2.07 bits per heavy atom. The molecule has 0 amide bonds. The molecule has 1 atom stereocenters. The van der Waals surface area contributed by atoms with Crippen LogP contribution in [0.5, 0.6) is 0 Å². The first-order valence-electron chi connectivity index (χ1n) is 4.62. The summed E-state index contributed by atoms with van der Waals surface area (Å²) in [6, 6.07) is 7.42. The minimum Gasteiger partial charge on any atom is -0.480 e. The Balaban J connectivity index is 2.54. The van der Waals surface area contributed by atoms with Crippen LogP contribution in [0.1, 0.15) is 11.1 Å². The molecule has 0 bridgehead atoms. The molecule has 0 saturated heterocycles. The van der Waals surface area contributed by atoms with Crippen LogP contribution in [0, 0.1) is 0 Å². The van der Waals surface area contributed by atoms with E-state index in [2.05, 4.69) is 0 Å². The average Bonchev–Trinajstić information content (AvgIpc) is 2.17. The van der Waals surface area contributed by atoms with E-state index < -0.39 is 11.5 Å². The van der Waals surface area contributed by atoms with Crippen molar-refractivity contribution in [2.24, 2.45) is 11.5 Å². The van der Waals surface area contributed by atoms with Crippen molar-refractivity contribution in [3.8, 4) is 0 Å². The Labute approximate surface area is 87.2 Å². The zero-order chi connectivity index (χ0) is 11.1. The quantitative estimate of drug-likeness (QED) is 0.614. The first-order valence-corrected chi connectivity index (χ1v) is 4.62. The van der Waals surface area contributed by atoms with Gasteiger partial charge in [-0.05, 0) is 11.6 Å². The number of rotatable bonds is 1. The molecule has 0 aromatic heterocycles. The molecule has 4 heteroatoms. The topological polar surface area (TPSA) is 89.3 Å². The van der Waals surface area contributed by atoms with Crippen LogP contribution < -0.4 is 11.5 Å². The Hall–Kier alpha value is -1.81. The molecule has 1 aromatic carbocycles. The highest BCUT2D eigenvalue weighted by Crippen LogP contribution is 2.27. The maximum Gasteiger partial charge on any atom is 0.328 e. The molecule has 0 aliphatic heterocycles. The van der Waals surface area contributed by atoms with Gasteiger partial charge < -0.3 is 16.6 Å². The Kier molecular flexibility index (Phi) is 2.01. The van der Waals surface area contributed by atoms with E-state index in [1.807, 2.05) is 24.3 Å². The SMILES string of the molecule is NC1=CC(N)(C(=O)O)Cc2ccccc21. The summed E-state index contributed by atoms with van der Waals surface area (Å²) in [5.41, 5.74) is 12.3. The average molecular weight is 204 g/mol. The molecule has 78 valence electrons. The fourth-order valence-electron chi connectivity index (χ4n) is 1.81. The van der Waals surface area contributed by atoms with Gasteiger partial charge in [0.05, 0.1) is 0 Å². The second-order valence-electron chi connectivity index (χ2n) is 3.78. The van der Waals surface area contributed by atoms with Gasteiger partial charge in [0.2, 0.25) is 0 Å². The Morgan fingerprint density at radius 3 is 2.73 bits per heavy atom. The molecule has 1 unspecified atom stereocenters. The van der Waals surface area contributed by atoms with Crippen molar-refractivity contribution >= 4 is 11.7 Å². The van der Waals surface area contributed by atoms with E-state index in [9.17, 15) is 4.79 Å². The van der Waals surface area contributed by atoms with Crippen LogP contribution in [0.3, 0.4) is 0 Å². The van der Waals surface area contributed by atoms with E-state index in [0.29, 0.717) is 5.70 Å². The minimum absolute atomic E-state index is 0.277. The molecule has 2 rings (SSSR count). The van der Waals surface area contributed by atoms with E-state index in [4.69, 9.17) is 16.6 Å². The summed E-state index contributed by atoms with van der Waals surface area (Å²) in [5, 5.41) is 9.02. The van der Waals surface area contributed by atoms with Gasteiger partial charge >= 0.3 is 5.97 Å². The zero-order valence-corrected chi connectivity index (χ0v) is 8.10. The van der Waals surface area contributed by atoms with Gasteiger partial charge in [-0.1, -0.05) is 24.3 Å². The lowest BCUT2D eigenvalue weighted by atomic mass is 9.82. The van der Waals surface area contributed by atoms with Gasteiger partial charge in [0.15, 0.2) is 0 Å². The minimum atomic E-state index is -1.38. The van der Waals surface area contributed by atoms with E-state index in [1.165, 1.54) is 6.08 Å². The molecule has 0 radical (unpaired) electrons. The summed E-state index contributed by atoms with van der Waals surface area (Å²) in [6.45, 7) is 0. The van der Waals surface area contributed by atoms with Crippen LogP contribution in [0.25, 0.3) is 5.70 Å². The van der Waals surface area contributed by atoms with E-state index in [-0.39, 0.29) is 6.42 Å². The molecule has 0 spiro atoms. The van der Waals surface area contributed by atoms with Gasteiger partial charge in [-0.3, -0.25) is 0 Å². The van der Waals surface area contributed by atoms with Gasteiger partial charge in [0.1, 0.15) is 5.54 Å². The number of carboxylic acids is 1. The summed E-state index contributed by atoms with van der Waals surface area (Å²) in [4.78, 5) is 11.0. The third kappa shape index (κ3) is 1.49. The van der Waals surface area contributed by atoms with Crippen LogP contribution in [0.4, 0.5) is 0 Å². The molecule has 0 saturated carbocycles. The normalized spacial score (nSPS) is 24.2. The summed E-state index contributed by atoms with van der Waals surface area (Å²) < 4.78 is 0. The van der Waals surface area contributed by atoms with Crippen LogP contribution >= 0.6 is 0 Å². The van der Waals surface area contributed by atoms with Crippen molar-refractivity contribution in [2.75, 3.05) is 0 Å². The third-order valence-electron chi connectivity index (χ3n) is 2.62. The fraction of sp³-hybridized carbons (Fsp3) is 0.182. The molecule has 0 fully saturated rings. The first-order chi connectivity index (χ1) is 7.03. The van der Waals surface area contributed by atoms with E-state index >= 15 is 0 Å². The molecule has 0 heterocycles. The third-order valence-corrected chi connectivity index (χ3v) is 2.62. The van der Waals surface area contributed by atoms with Gasteiger partial charge in [-0.25, -0.2) is 4.79 Å². The van der Waals surface area contributed by atoms with Crippen molar-refractivity contribution < 1.29 is 9.90 Å². The Morgan fingerprint density at radius 1 is 1.40 bits per heavy atom. The van der Waals surface area contributed by atoms with Crippen LogP contribution in [-0.4, -0.2) is 16.6 Å². The van der Waals surface area contributed by atoms with E-state index in [0.717, 1.165) is 11.1 Å². The summed E-state index contributed by atoms with van der Waals surface area (Å²) in [6.07, 6.45) is 1.69. The smallest absolute Gasteiger partial charge is 0.328 e. The van der Waals surface area contributed by atoms with Gasteiger partial charge in [-0.15, -0.1) is 0 Å². The van der Waals surface area contributed by atoms with Gasteiger partial charge in [0, 0.05) is 17.7 Å². The van der Waals surface area contributed by atoms with Crippen LogP contribution in [0.15, 0.2) is 30.3 Å². The zero-order valence-electron chi connectivity index (χ0n) is 8.10. The molecule has 1 aromatic rings. The number of carboxylic acid groups (broad SMARTS) is 1. The highest BCUT2D eigenvalue weighted by molar-refractivity contribution is 5.87. The van der Waals surface area contributed by atoms with Crippen LogP contribution in [-0.2, 0) is 11.2 Å². The molecule has 1 aliphatic rings. The fourth-order valence-corrected chi connectivity index (χ4v) is 1.81. The second kappa shape index (κ2) is 3.10. The highest BCUT2D eigenvalue weighted by Gasteiger charge is 2.36. The number of hydrogen-bond donors (Lipinski definition) is 3. The number of nitrogens with two attached hydrogens (primary N) is 2. The molecule has 15 heavy (non-hydrogen) atoms. The lowest BCUT2D eigenvalue weighted by Crippen LogP contribution is -2.50. The monoisotopic (exact) mass is 204 g/mol.